The minimum Gasteiger partial charge on any atom is -0.402 e. The fourth-order valence-corrected chi connectivity index (χ4v) is 3.20. The Hall–Kier alpha value is -2.84. The quantitative estimate of drug-likeness (QED) is 0.482. The zero-order valence-corrected chi connectivity index (χ0v) is 15.1. The van der Waals surface area contributed by atoms with Crippen LogP contribution < -0.4 is 11.5 Å². The summed E-state index contributed by atoms with van der Waals surface area (Å²) in [7, 11) is 0. The third-order valence-corrected chi connectivity index (χ3v) is 4.64. The zero-order chi connectivity index (χ0) is 18.9. The van der Waals surface area contributed by atoms with Gasteiger partial charge in [-0.3, -0.25) is 0 Å². The van der Waals surface area contributed by atoms with E-state index in [1.165, 1.54) is 41.7 Å². The molecule has 0 aliphatic carbocycles. The van der Waals surface area contributed by atoms with Gasteiger partial charge in [-0.1, -0.05) is 12.1 Å². The van der Waals surface area contributed by atoms with Gasteiger partial charge in [-0.15, -0.1) is 11.3 Å². The lowest BCUT2D eigenvalue weighted by atomic mass is 9.95. The van der Waals surface area contributed by atoms with Crippen molar-refractivity contribution in [3.63, 3.8) is 0 Å². The molecule has 26 heavy (non-hydrogen) atoms. The number of aromatic nitrogens is 2. The van der Waals surface area contributed by atoms with Crippen LogP contribution in [-0.2, 0) is 5.60 Å². The van der Waals surface area contributed by atoms with Gasteiger partial charge in [0, 0.05) is 5.70 Å². The number of allylic oxidation sites excluding steroid dienone is 1. The molecule has 0 bridgehead atoms. The number of fused-ring (bicyclic) bond motifs is 1. The van der Waals surface area contributed by atoms with Crippen LogP contribution in [0, 0.1) is 5.82 Å². The second kappa shape index (κ2) is 6.81. The van der Waals surface area contributed by atoms with Crippen LogP contribution >= 0.6 is 11.3 Å². The number of amidine groups is 1. The molecule has 0 radical (unpaired) electrons. The summed E-state index contributed by atoms with van der Waals surface area (Å²) in [6.07, 6.45) is 1.53. The number of hydrogen-bond donors (Lipinski definition) is 3. The second-order valence-corrected chi connectivity index (χ2v) is 6.93. The monoisotopic (exact) mass is 371 g/mol. The Kier molecular flexibility index (Phi) is 4.71. The highest BCUT2D eigenvalue weighted by Crippen LogP contribution is 2.33. The Balaban J connectivity index is 2.15. The van der Waals surface area contributed by atoms with E-state index in [0.717, 1.165) is 4.70 Å². The van der Waals surface area contributed by atoms with Crippen molar-refractivity contribution in [2.24, 2.45) is 16.5 Å². The van der Waals surface area contributed by atoms with Gasteiger partial charge in [0.15, 0.2) is 11.6 Å². The molecule has 3 aromatic rings. The summed E-state index contributed by atoms with van der Waals surface area (Å²) in [5, 5.41) is 12.8. The highest BCUT2D eigenvalue weighted by atomic mass is 32.1. The predicted octanol–water partition coefficient (Wildman–Crippen LogP) is 2.94. The molecule has 5 N–H and O–H groups in total. The molecule has 8 heteroatoms. The standard InChI is InChI=1S/C18H18FN5OS/c1-10(20)9-14(21)23-16-15-13(7-8-26-15)22-17(24-16)18(2,25)11-3-5-12(19)6-4-11/h3-9,25H,20H2,1-2H3,(H2,21,22,23,24)/b10-9-. The van der Waals surface area contributed by atoms with Gasteiger partial charge in [-0.25, -0.2) is 19.4 Å². The molecule has 2 heterocycles. The number of aliphatic imine (C=N–C) groups is 1. The van der Waals surface area contributed by atoms with Crippen molar-refractivity contribution >= 4 is 33.2 Å². The van der Waals surface area contributed by atoms with E-state index in [9.17, 15) is 9.50 Å². The first-order valence-corrected chi connectivity index (χ1v) is 8.67. The first kappa shape index (κ1) is 18.0. The number of rotatable bonds is 4. The van der Waals surface area contributed by atoms with Gasteiger partial charge in [0.05, 0.1) is 10.2 Å². The van der Waals surface area contributed by atoms with Crippen LogP contribution in [0.15, 0.2) is 52.5 Å². The molecule has 1 aromatic carbocycles. The van der Waals surface area contributed by atoms with E-state index in [1.807, 2.05) is 11.4 Å². The van der Waals surface area contributed by atoms with Gasteiger partial charge in [-0.05, 0) is 49.1 Å². The van der Waals surface area contributed by atoms with Gasteiger partial charge >= 0.3 is 0 Å². The lowest BCUT2D eigenvalue weighted by Gasteiger charge is -2.22. The van der Waals surface area contributed by atoms with Crippen LogP contribution in [0.1, 0.15) is 25.2 Å². The van der Waals surface area contributed by atoms with Crippen molar-refractivity contribution in [3.8, 4) is 0 Å². The highest BCUT2D eigenvalue weighted by molar-refractivity contribution is 7.17. The second-order valence-electron chi connectivity index (χ2n) is 6.01. The molecule has 6 nitrogen and oxygen atoms in total. The van der Waals surface area contributed by atoms with Crippen LogP contribution in [-0.4, -0.2) is 20.9 Å². The van der Waals surface area contributed by atoms with E-state index in [4.69, 9.17) is 11.5 Å². The summed E-state index contributed by atoms with van der Waals surface area (Å²) in [5.74, 6) is 0.305. The van der Waals surface area contributed by atoms with E-state index in [1.54, 1.807) is 13.8 Å². The summed E-state index contributed by atoms with van der Waals surface area (Å²) in [6.45, 7) is 3.25. The lowest BCUT2D eigenvalue weighted by Crippen LogP contribution is -2.26. The highest BCUT2D eigenvalue weighted by Gasteiger charge is 2.30. The zero-order valence-electron chi connectivity index (χ0n) is 14.3. The van der Waals surface area contributed by atoms with Gasteiger partial charge < -0.3 is 16.6 Å². The van der Waals surface area contributed by atoms with Crippen LogP contribution in [0.4, 0.5) is 10.2 Å². The predicted molar refractivity (Wildman–Crippen MR) is 102 cm³/mol. The molecular weight excluding hydrogens is 353 g/mol. The van der Waals surface area contributed by atoms with E-state index in [-0.39, 0.29) is 17.5 Å². The molecule has 0 aliphatic rings. The molecule has 1 unspecified atom stereocenters. The number of aliphatic hydroxyl groups is 1. The molecule has 0 aliphatic heterocycles. The van der Waals surface area contributed by atoms with Crippen LogP contribution in [0.2, 0.25) is 0 Å². The van der Waals surface area contributed by atoms with Crippen LogP contribution in [0.5, 0.6) is 0 Å². The lowest BCUT2D eigenvalue weighted by molar-refractivity contribution is 0.0926. The van der Waals surface area contributed by atoms with E-state index >= 15 is 0 Å². The van der Waals surface area contributed by atoms with E-state index < -0.39 is 5.60 Å². The summed E-state index contributed by atoms with van der Waals surface area (Å²) < 4.78 is 13.9. The maximum atomic E-state index is 13.2. The van der Waals surface area contributed by atoms with Gasteiger partial charge in [0.25, 0.3) is 0 Å². The SMILES string of the molecule is C/C(N)=C/C(N)=Nc1nc(C(C)(O)c2ccc(F)cc2)nc2ccsc12. The molecular formula is C18H18FN5OS. The van der Waals surface area contributed by atoms with Crippen molar-refractivity contribution in [2.75, 3.05) is 0 Å². The molecule has 0 fully saturated rings. The Morgan fingerprint density at radius 2 is 1.92 bits per heavy atom. The van der Waals surface area contributed by atoms with Crippen molar-refractivity contribution in [1.29, 1.82) is 0 Å². The third-order valence-electron chi connectivity index (χ3n) is 3.74. The molecule has 1 atom stereocenters. The smallest absolute Gasteiger partial charge is 0.175 e. The summed E-state index contributed by atoms with van der Waals surface area (Å²) in [6, 6.07) is 7.35. The number of nitrogens with zero attached hydrogens (tertiary/aromatic N) is 3. The number of nitrogens with two attached hydrogens (primary N) is 2. The first-order chi connectivity index (χ1) is 12.3. The molecule has 0 saturated heterocycles. The minimum atomic E-state index is -1.53. The average molecular weight is 371 g/mol. The fraction of sp³-hybridized carbons (Fsp3) is 0.167. The van der Waals surface area contributed by atoms with E-state index in [0.29, 0.717) is 22.6 Å². The molecule has 0 amide bonds. The van der Waals surface area contributed by atoms with E-state index in [2.05, 4.69) is 15.0 Å². The molecule has 2 aromatic heterocycles. The van der Waals surface area contributed by atoms with Gasteiger partial charge in [0.2, 0.25) is 0 Å². The topological polar surface area (TPSA) is 110 Å². The fourth-order valence-electron chi connectivity index (χ4n) is 2.43. The first-order valence-electron chi connectivity index (χ1n) is 7.79. The normalized spacial score (nSPS) is 15.2. The summed E-state index contributed by atoms with van der Waals surface area (Å²) >= 11 is 1.42. The van der Waals surface area contributed by atoms with Crippen molar-refractivity contribution in [3.05, 3.63) is 64.7 Å². The average Bonchev–Trinajstić information content (AvgIpc) is 3.03. The van der Waals surface area contributed by atoms with Crippen molar-refractivity contribution < 1.29 is 9.50 Å². The van der Waals surface area contributed by atoms with Gasteiger partial charge in [0.1, 0.15) is 17.3 Å². The van der Waals surface area contributed by atoms with Crippen LogP contribution in [0.25, 0.3) is 10.2 Å². The Bertz CT molecular complexity index is 1000. The number of thiophene rings is 1. The number of hydrogen-bond acceptors (Lipinski definition) is 6. The molecule has 134 valence electrons. The number of benzene rings is 1. The largest absolute Gasteiger partial charge is 0.402 e. The summed E-state index contributed by atoms with van der Waals surface area (Å²) in [5.41, 5.74) is 11.6. The molecule has 3 rings (SSSR count). The molecule has 0 saturated carbocycles. The van der Waals surface area contributed by atoms with Gasteiger partial charge in [-0.2, -0.15) is 0 Å². The van der Waals surface area contributed by atoms with Crippen molar-refractivity contribution in [1.82, 2.24) is 9.97 Å². The Morgan fingerprint density at radius 1 is 1.23 bits per heavy atom. The summed E-state index contributed by atoms with van der Waals surface area (Å²) in [4.78, 5) is 13.2. The molecule has 0 spiro atoms. The maximum absolute atomic E-state index is 13.2. The Labute approximate surface area is 153 Å². The van der Waals surface area contributed by atoms with Crippen LogP contribution in [0.3, 0.4) is 0 Å². The maximum Gasteiger partial charge on any atom is 0.175 e. The van der Waals surface area contributed by atoms with Crippen molar-refractivity contribution in [2.45, 2.75) is 19.4 Å². The Morgan fingerprint density at radius 3 is 2.58 bits per heavy atom. The minimum absolute atomic E-state index is 0.148. The third kappa shape index (κ3) is 3.56. The number of halogens is 1.